The Balaban J connectivity index is 1.72. The Bertz CT molecular complexity index is 517. The van der Waals surface area contributed by atoms with Crippen LogP contribution in [0.2, 0.25) is 0 Å². The van der Waals surface area contributed by atoms with Crippen LogP contribution in [0, 0.1) is 23.7 Å². The van der Waals surface area contributed by atoms with Crippen LogP contribution in [0.3, 0.4) is 0 Å². The maximum absolute atomic E-state index is 9.15. The van der Waals surface area contributed by atoms with Crippen LogP contribution in [0.15, 0.2) is 35.4 Å². The highest BCUT2D eigenvalue weighted by Crippen LogP contribution is 2.60. The molecule has 3 heteroatoms. The zero-order chi connectivity index (χ0) is 13.6. The molecule has 0 atom stereocenters. The van der Waals surface area contributed by atoms with Crippen molar-refractivity contribution in [1.82, 2.24) is 0 Å². The lowest BCUT2D eigenvalue weighted by atomic mass is 9.48. The molecule has 5 rings (SSSR count). The molecule has 1 aromatic carbocycles. The highest BCUT2D eigenvalue weighted by molar-refractivity contribution is 5.22. The second-order valence-corrected chi connectivity index (χ2v) is 7.15. The van der Waals surface area contributed by atoms with Crippen LogP contribution in [-0.4, -0.2) is 5.54 Å². The van der Waals surface area contributed by atoms with E-state index in [2.05, 4.69) is 40.4 Å². The average molecular weight is 267 g/mol. The fourth-order valence-corrected chi connectivity index (χ4v) is 5.49. The molecule has 0 amide bonds. The molecule has 4 aliphatic rings. The van der Waals surface area contributed by atoms with Gasteiger partial charge in [-0.1, -0.05) is 35.4 Å². The fourth-order valence-electron chi connectivity index (χ4n) is 5.49. The largest absolute Gasteiger partial charge is 0.0863 e. The summed E-state index contributed by atoms with van der Waals surface area (Å²) in [5.74, 6) is 3.07. The summed E-state index contributed by atoms with van der Waals surface area (Å²) in [6, 6.07) is 10.6. The van der Waals surface area contributed by atoms with Gasteiger partial charge in [-0.15, -0.1) is 0 Å². The lowest BCUT2D eigenvalue weighted by Crippen LogP contribution is -2.57. The first-order chi connectivity index (χ1) is 9.80. The monoisotopic (exact) mass is 267 g/mol. The molecule has 20 heavy (non-hydrogen) atoms. The number of rotatable bonds is 3. The smallest absolute Gasteiger partial charge is 0.0585 e. The first-order valence-corrected chi connectivity index (χ1v) is 7.90. The standard InChI is InChI=1S/C17H21N3/c18-20-19-17(11-12-4-2-1-3-5-12)15-7-13-6-14(9-15)10-16(17)8-13/h1-5,13-16H,6-11H2. The molecule has 0 aliphatic heterocycles. The van der Waals surface area contributed by atoms with Crippen molar-refractivity contribution in [3.05, 3.63) is 46.3 Å². The average Bonchev–Trinajstić information content (AvgIpc) is 2.45. The Morgan fingerprint density at radius 3 is 2.15 bits per heavy atom. The van der Waals surface area contributed by atoms with E-state index in [-0.39, 0.29) is 5.54 Å². The quantitative estimate of drug-likeness (QED) is 0.432. The van der Waals surface area contributed by atoms with E-state index in [9.17, 15) is 0 Å². The minimum Gasteiger partial charge on any atom is -0.0863 e. The van der Waals surface area contributed by atoms with Crippen LogP contribution < -0.4 is 0 Å². The van der Waals surface area contributed by atoms with Gasteiger partial charge in [-0.25, -0.2) is 0 Å². The van der Waals surface area contributed by atoms with E-state index < -0.39 is 0 Å². The third kappa shape index (κ3) is 1.76. The van der Waals surface area contributed by atoms with Gasteiger partial charge in [0.25, 0.3) is 0 Å². The fraction of sp³-hybridized carbons (Fsp3) is 0.647. The summed E-state index contributed by atoms with van der Waals surface area (Å²) >= 11 is 0. The zero-order valence-electron chi connectivity index (χ0n) is 11.8. The SMILES string of the molecule is [N-]=[N+]=NC1(Cc2ccccc2)C2CC3CC(C2)CC1C3. The summed E-state index contributed by atoms with van der Waals surface area (Å²) in [5, 5.41) is 4.43. The molecule has 1 aromatic rings. The van der Waals surface area contributed by atoms with E-state index in [1.165, 1.54) is 37.7 Å². The minimum atomic E-state index is -0.135. The lowest BCUT2D eigenvalue weighted by molar-refractivity contribution is -0.0544. The Morgan fingerprint density at radius 2 is 1.60 bits per heavy atom. The van der Waals surface area contributed by atoms with E-state index in [1.807, 2.05) is 0 Å². The molecule has 0 radical (unpaired) electrons. The molecule has 0 aromatic heterocycles. The van der Waals surface area contributed by atoms with Crippen molar-refractivity contribution < 1.29 is 0 Å². The number of benzene rings is 1. The van der Waals surface area contributed by atoms with E-state index in [0.717, 1.165) is 18.3 Å². The van der Waals surface area contributed by atoms with Crippen LogP contribution in [0.1, 0.15) is 37.7 Å². The number of nitrogens with zero attached hydrogens (tertiary/aromatic N) is 3. The van der Waals surface area contributed by atoms with Gasteiger partial charge in [-0.05, 0) is 73.3 Å². The molecule has 4 aliphatic carbocycles. The molecule has 0 N–H and O–H groups in total. The first-order valence-electron chi connectivity index (χ1n) is 7.90. The second-order valence-electron chi connectivity index (χ2n) is 7.15. The van der Waals surface area contributed by atoms with Crippen molar-refractivity contribution in [3.63, 3.8) is 0 Å². The van der Waals surface area contributed by atoms with Crippen molar-refractivity contribution >= 4 is 0 Å². The van der Waals surface area contributed by atoms with Gasteiger partial charge in [-0.3, -0.25) is 0 Å². The molecule has 0 saturated heterocycles. The van der Waals surface area contributed by atoms with E-state index >= 15 is 0 Å². The molecule has 104 valence electrons. The van der Waals surface area contributed by atoms with Gasteiger partial charge in [0.1, 0.15) is 0 Å². The van der Waals surface area contributed by atoms with Crippen molar-refractivity contribution in [2.75, 3.05) is 0 Å². The summed E-state index contributed by atoms with van der Waals surface area (Å²) in [6.07, 6.45) is 7.53. The van der Waals surface area contributed by atoms with Crippen LogP contribution in [-0.2, 0) is 6.42 Å². The maximum atomic E-state index is 9.15. The predicted octanol–water partition coefficient (Wildman–Crippen LogP) is 4.73. The number of hydrogen-bond acceptors (Lipinski definition) is 1. The molecule has 0 heterocycles. The molecular formula is C17H21N3. The summed E-state index contributed by atoms with van der Waals surface area (Å²) in [5.41, 5.74) is 10.3. The Kier molecular flexibility index (Phi) is 2.78. The van der Waals surface area contributed by atoms with Crippen molar-refractivity contribution in [2.24, 2.45) is 28.8 Å². The van der Waals surface area contributed by atoms with Crippen molar-refractivity contribution in [1.29, 1.82) is 0 Å². The second kappa shape index (κ2) is 4.53. The molecule has 0 unspecified atom stereocenters. The predicted molar refractivity (Wildman–Crippen MR) is 79.1 cm³/mol. The van der Waals surface area contributed by atoms with Gasteiger partial charge >= 0.3 is 0 Å². The Labute approximate surface area is 120 Å². The maximum Gasteiger partial charge on any atom is 0.0585 e. The Morgan fingerprint density at radius 1 is 1.00 bits per heavy atom. The molecule has 0 spiro atoms. The molecule has 4 bridgehead atoms. The van der Waals surface area contributed by atoms with Crippen LogP contribution in [0.25, 0.3) is 10.4 Å². The first kappa shape index (κ1) is 12.3. The summed E-state index contributed by atoms with van der Waals surface area (Å²) in [6.45, 7) is 0. The molecule has 4 fully saturated rings. The summed E-state index contributed by atoms with van der Waals surface area (Å²) in [4.78, 5) is 3.28. The van der Waals surface area contributed by atoms with E-state index in [4.69, 9.17) is 5.53 Å². The molecule has 4 saturated carbocycles. The van der Waals surface area contributed by atoms with Crippen molar-refractivity contribution in [3.8, 4) is 0 Å². The van der Waals surface area contributed by atoms with E-state index in [1.54, 1.807) is 0 Å². The van der Waals surface area contributed by atoms with Gasteiger partial charge in [0.2, 0.25) is 0 Å². The number of azide groups is 1. The van der Waals surface area contributed by atoms with Crippen molar-refractivity contribution in [2.45, 2.75) is 44.1 Å². The van der Waals surface area contributed by atoms with Gasteiger partial charge in [0.05, 0.1) is 5.54 Å². The zero-order valence-corrected chi connectivity index (χ0v) is 11.8. The van der Waals surface area contributed by atoms with E-state index in [0.29, 0.717) is 11.8 Å². The highest BCUT2D eigenvalue weighted by Gasteiger charge is 2.56. The van der Waals surface area contributed by atoms with Gasteiger partial charge in [0.15, 0.2) is 0 Å². The minimum absolute atomic E-state index is 0.135. The van der Waals surface area contributed by atoms with Gasteiger partial charge in [0, 0.05) is 4.91 Å². The van der Waals surface area contributed by atoms with Crippen LogP contribution in [0.5, 0.6) is 0 Å². The normalized spacial score (nSPS) is 41.4. The molecule has 3 nitrogen and oxygen atoms in total. The molecular weight excluding hydrogens is 246 g/mol. The lowest BCUT2D eigenvalue weighted by Gasteiger charge is -2.59. The summed E-state index contributed by atoms with van der Waals surface area (Å²) < 4.78 is 0. The van der Waals surface area contributed by atoms with Gasteiger partial charge < -0.3 is 0 Å². The van der Waals surface area contributed by atoms with Crippen LogP contribution in [0.4, 0.5) is 0 Å². The Hall–Kier alpha value is -1.47. The number of hydrogen-bond donors (Lipinski definition) is 0. The highest BCUT2D eigenvalue weighted by atomic mass is 15.2. The topological polar surface area (TPSA) is 48.8 Å². The van der Waals surface area contributed by atoms with Crippen LogP contribution >= 0.6 is 0 Å². The van der Waals surface area contributed by atoms with Gasteiger partial charge in [-0.2, -0.15) is 0 Å². The third-order valence-electron chi connectivity index (χ3n) is 6.11. The summed E-state index contributed by atoms with van der Waals surface area (Å²) in [7, 11) is 0. The third-order valence-corrected chi connectivity index (χ3v) is 6.11.